The predicted molar refractivity (Wildman–Crippen MR) is 45.8 cm³/mol. The fraction of sp³-hybridized carbons (Fsp3) is 0.286. The Hall–Kier alpha value is -2.26. The quantitative estimate of drug-likeness (QED) is 0.650. The summed E-state index contributed by atoms with van der Waals surface area (Å²) < 4.78 is 43.6. The molecule has 0 atom stereocenters. The third-order valence-corrected chi connectivity index (χ3v) is 1.52. The molecule has 0 aliphatic carbocycles. The molecule has 0 spiro atoms. The molecule has 1 aromatic heterocycles. The van der Waals surface area contributed by atoms with Gasteiger partial charge in [-0.1, -0.05) is 0 Å². The number of nitro groups is 1. The fourth-order valence-corrected chi connectivity index (χ4v) is 0.915. The van der Waals surface area contributed by atoms with E-state index in [0.717, 1.165) is 7.11 Å². The van der Waals surface area contributed by atoms with Crippen molar-refractivity contribution in [3.63, 3.8) is 0 Å². The molecule has 1 aromatic rings. The number of rotatable bonds is 3. The normalized spacial score (nSPS) is 11.1. The summed E-state index contributed by atoms with van der Waals surface area (Å²) in [5.74, 6) is -4.17. The van der Waals surface area contributed by atoms with Crippen LogP contribution in [-0.4, -0.2) is 28.5 Å². The maximum Gasteiger partial charge on any atom is 0.573 e. The highest BCUT2D eigenvalue weighted by Gasteiger charge is 2.35. The first-order chi connectivity index (χ1) is 7.74. The van der Waals surface area contributed by atoms with Gasteiger partial charge in [0.05, 0.1) is 13.2 Å². The Morgan fingerprint density at radius 2 is 2.12 bits per heavy atom. The highest BCUT2D eigenvalue weighted by Crippen LogP contribution is 2.39. The van der Waals surface area contributed by atoms with Gasteiger partial charge in [0.1, 0.15) is 0 Å². The van der Waals surface area contributed by atoms with Gasteiger partial charge in [-0.15, -0.1) is 13.2 Å². The molecule has 1 rings (SSSR count). The molecule has 1 N–H and O–H groups in total. The molecule has 0 saturated heterocycles. The molecule has 94 valence electrons. The lowest BCUT2D eigenvalue weighted by atomic mass is 10.4. The van der Waals surface area contributed by atoms with Crippen LogP contribution in [0.4, 0.5) is 19.0 Å². The number of nitrogens with zero attached hydrogens (tertiary/aromatic N) is 2. The van der Waals surface area contributed by atoms with Crippen LogP contribution in [0.15, 0.2) is 6.07 Å². The smallest absolute Gasteiger partial charge is 0.498 e. The molecule has 0 radical (unpaired) electrons. The van der Waals surface area contributed by atoms with Crippen molar-refractivity contribution in [1.29, 1.82) is 0 Å². The van der Waals surface area contributed by atoms with E-state index in [2.05, 4.69) is 14.5 Å². The molecule has 1 heterocycles. The highest BCUT2D eigenvalue weighted by atomic mass is 19.4. The zero-order valence-electron chi connectivity index (χ0n) is 8.19. The summed E-state index contributed by atoms with van der Waals surface area (Å²) in [7, 11) is 1.04. The maximum absolute atomic E-state index is 11.9. The molecule has 10 heteroatoms. The van der Waals surface area contributed by atoms with Crippen molar-refractivity contribution in [2.45, 2.75) is 6.36 Å². The van der Waals surface area contributed by atoms with E-state index in [1.807, 2.05) is 0 Å². The van der Waals surface area contributed by atoms with Crippen LogP contribution in [0.25, 0.3) is 0 Å². The van der Waals surface area contributed by atoms with Gasteiger partial charge < -0.3 is 24.7 Å². The maximum atomic E-state index is 11.9. The first-order valence-corrected chi connectivity index (χ1v) is 3.92. The van der Waals surface area contributed by atoms with Crippen LogP contribution in [0.5, 0.6) is 17.4 Å². The standard InChI is InChI=1S/C7H5F3N2O5/c1-16-4-2-3(17-7(8,9)10)5(13)6(11-4)12(14)15/h2,13H,1H3. The van der Waals surface area contributed by atoms with Crippen LogP contribution in [0, 0.1) is 10.1 Å². The molecule has 0 fully saturated rings. The van der Waals surface area contributed by atoms with Crippen LogP contribution >= 0.6 is 0 Å². The molecule has 0 saturated carbocycles. The summed E-state index contributed by atoms with van der Waals surface area (Å²) in [5.41, 5.74) is 0. The summed E-state index contributed by atoms with van der Waals surface area (Å²) in [6.07, 6.45) is -5.10. The van der Waals surface area contributed by atoms with Crippen LogP contribution in [0.3, 0.4) is 0 Å². The lowest BCUT2D eigenvalue weighted by Crippen LogP contribution is -2.17. The van der Waals surface area contributed by atoms with Crippen molar-refractivity contribution in [3.05, 3.63) is 16.2 Å². The van der Waals surface area contributed by atoms with Crippen molar-refractivity contribution >= 4 is 5.82 Å². The molecule has 0 unspecified atom stereocenters. The molecule has 0 bridgehead atoms. The van der Waals surface area contributed by atoms with Gasteiger partial charge in [-0.05, 0) is 4.92 Å². The Morgan fingerprint density at radius 3 is 2.53 bits per heavy atom. The second-order valence-corrected chi connectivity index (χ2v) is 2.64. The molecule has 0 aliphatic heterocycles. The van der Waals surface area contributed by atoms with Gasteiger partial charge in [-0.25, -0.2) is 0 Å². The van der Waals surface area contributed by atoms with Gasteiger partial charge in [0.15, 0.2) is 5.75 Å². The van der Waals surface area contributed by atoms with Gasteiger partial charge in [0.25, 0.3) is 5.75 Å². The molecule has 7 nitrogen and oxygen atoms in total. The van der Waals surface area contributed by atoms with E-state index < -0.39 is 34.5 Å². The number of aromatic nitrogens is 1. The van der Waals surface area contributed by atoms with Gasteiger partial charge in [0.2, 0.25) is 0 Å². The minimum Gasteiger partial charge on any atom is -0.498 e. The Bertz CT molecular complexity index is 448. The Morgan fingerprint density at radius 1 is 1.53 bits per heavy atom. The number of ether oxygens (including phenoxy) is 2. The van der Waals surface area contributed by atoms with Gasteiger partial charge in [-0.2, -0.15) is 0 Å². The summed E-state index contributed by atoms with van der Waals surface area (Å²) in [6, 6.07) is 0.579. The minimum atomic E-state index is -5.10. The summed E-state index contributed by atoms with van der Waals surface area (Å²) in [6.45, 7) is 0. The zero-order chi connectivity index (χ0) is 13.2. The topological polar surface area (TPSA) is 94.7 Å². The van der Waals surface area contributed by atoms with Gasteiger partial charge in [-0.3, -0.25) is 0 Å². The largest absolute Gasteiger partial charge is 0.573 e. The minimum absolute atomic E-state index is 0.492. The molecule has 0 amide bonds. The number of aromatic hydroxyl groups is 1. The van der Waals surface area contributed by atoms with E-state index in [-0.39, 0.29) is 0 Å². The second kappa shape index (κ2) is 4.31. The third kappa shape index (κ3) is 3.09. The average Bonchev–Trinajstić information content (AvgIpc) is 2.18. The van der Waals surface area contributed by atoms with E-state index >= 15 is 0 Å². The lowest BCUT2D eigenvalue weighted by molar-refractivity contribution is -0.391. The number of halogens is 3. The van der Waals surface area contributed by atoms with E-state index in [1.54, 1.807) is 0 Å². The molecule has 0 aromatic carbocycles. The van der Waals surface area contributed by atoms with Gasteiger partial charge in [0, 0.05) is 4.98 Å². The van der Waals surface area contributed by atoms with Crippen LogP contribution in [-0.2, 0) is 0 Å². The highest BCUT2D eigenvalue weighted by molar-refractivity contribution is 5.52. The average molecular weight is 254 g/mol. The number of alkyl halides is 3. The first-order valence-electron chi connectivity index (χ1n) is 3.92. The fourth-order valence-electron chi connectivity index (χ4n) is 0.915. The summed E-state index contributed by atoms with van der Waals surface area (Å²) in [5, 5.41) is 19.6. The van der Waals surface area contributed by atoms with Crippen LogP contribution in [0.2, 0.25) is 0 Å². The van der Waals surface area contributed by atoms with E-state index in [1.165, 1.54) is 0 Å². The lowest BCUT2D eigenvalue weighted by Gasteiger charge is -2.09. The summed E-state index contributed by atoms with van der Waals surface area (Å²) >= 11 is 0. The molecular weight excluding hydrogens is 249 g/mol. The second-order valence-electron chi connectivity index (χ2n) is 2.64. The van der Waals surface area contributed by atoms with E-state index in [0.29, 0.717) is 6.07 Å². The SMILES string of the molecule is COc1cc(OC(F)(F)F)c(O)c([N+](=O)[O-])n1. The third-order valence-electron chi connectivity index (χ3n) is 1.52. The molecular formula is C7H5F3N2O5. The molecule has 0 aliphatic rings. The first kappa shape index (κ1) is 12.8. The number of hydrogen-bond donors (Lipinski definition) is 1. The Kier molecular flexibility index (Phi) is 3.25. The Labute approximate surface area is 91.6 Å². The van der Waals surface area contributed by atoms with Crippen LogP contribution in [0.1, 0.15) is 0 Å². The van der Waals surface area contributed by atoms with Crippen molar-refractivity contribution in [1.82, 2.24) is 4.98 Å². The summed E-state index contributed by atoms with van der Waals surface area (Å²) in [4.78, 5) is 12.4. The number of methoxy groups -OCH3 is 1. The number of hydrogen-bond acceptors (Lipinski definition) is 6. The zero-order valence-corrected chi connectivity index (χ0v) is 8.19. The Balaban J connectivity index is 3.29. The molecule has 17 heavy (non-hydrogen) atoms. The van der Waals surface area contributed by atoms with Crippen LogP contribution < -0.4 is 9.47 Å². The monoisotopic (exact) mass is 254 g/mol. The van der Waals surface area contributed by atoms with E-state index in [9.17, 15) is 23.3 Å². The van der Waals surface area contributed by atoms with Crippen molar-refractivity contribution < 1.29 is 32.7 Å². The van der Waals surface area contributed by atoms with Crippen molar-refractivity contribution in [2.24, 2.45) is 0 Å². The van der Waals surface area contributed by atoms with E-state index in [4.69, 9.17) is 5.11 Å². The van der Waals surface area contributed by atoms with Crippen molar-refractivity contribution in [3.8, 4) is 17.4 Å². The predicted octanol–water partition coefficient (Wildman–Crippen LogP) is 1.60. The van der Waals surface area contributed by atoms with Gasteiger partial charge >= 0.3 is 18.1 Å². The number of pyridine rings is 1. The van der Waals surface area contributed by atoms with Crippen molar-refractivity contribution in [2.75, 3.05) is 7.11 Å².